The van der Waals surface area contributed by atoms with Crippen molar-refractivity contribution in [2.75, 3.05) is 19.7 Å². The van der Waals surface area contributed by atoms with Crippen LogP contribution in [0.1, 0.15) is 18.5 Å². The van der Waals surface area contributed by atoms with Crippen molar-refractivity contribution in [3.8, 4) is 0 Å². The average molecular weight is 321 g/mol. The molecular weight excluding hydrogens is 303 g/mol. The minimum Gasteiger partial charge on any atom is -0.379 e. The minimum atomic E-state index is -4.75. The van der Waals surface area contributed by atoms with Gasteiger partial charge in [0.15, 0.2) is 5.60 Å². The summed E-state index contributed by atoms with van der Waals surface area (Å²) in [6.45, 7) is -0.755. The van der Waals surface area contributed by atoms with Crippen molar-refractivity contribution in [3.63, 3.8) is 0 Å². The predicted molar refractivity (Wildman–Crippen MR) is 69.7 cm³/mol. The van der Waals surface area contributed by atoms with Crippen LogP contribution < -0.4 is 0 Å². The lowest BCUT2D eigenvalue weighted by atomic mass is 9.92. The molecule has 1 saturated heterocycles. The van der Waals surface area contributed by atoms with Gasteiger partial charge in [-0.05, 0) is 18.9 Å². The molecule has 1 amide bonds. The molecule has 1 aliphatic heterocycles. The van der Waals surface area contributed by atoms with E-state index >= 15 is 0 Å². The van der Waals surface area contributed by atoms with Crippen LogP contribution in [-0.4, -0.2) is 57.2 Å². The van der Waals surface area contributed by atoms with Crippen molar-refractivity contribution < 1.29 is 27.8 Å². The maximum atomic E-state index is 12.8. The van der Waals surface area contributed by atoms with Crippen molar-refractivity contribution in [2.45, 2.75) is 31.2 Å². The van der Waals surface area contributed by atoms with E-state index in [1.165, 1.54) is 0 Å². The number of carbonyl (C=O) groups excluding carboxylic acids is 1. The van der Waals surface area contributed by atoms with E-state index < -0.39 is 30.7 Å². The monoisotopic (exact) mass is 321 g/mol. The molecule has 2 rings (SSSR count). The topological polar surface area (TPSA) is 67.6 Å². The van der Waals surface area contributed by atoms with Crippen LogP contribution in [0.4, 0.5) is 13.2 Å². The second kappa shape index (κ2) is 6.25. The fraction of sp³-hybridized carbons (Fsp3) is 0.692. The Morgan fingerprint density at radius 1 is 1.55 bits per heavy atom. The molecule has 0 saturated carbocycles. The third kappa shape index (κ3) is 3.58. The van der Waals surface area contributed by atoms with Crippen LogP contribution in [0.15, 0.2) is 12.3 Å². The highest BCUT2D eigenvalue weighted by Crippen LogP contribution is 2.37. The number of piperidine rings is 1. The van der Waals surface area contributed by atoms with Gasteiger partial charge in [0.2, 0.25) is 5.91 Å². The van der Waals surface area contributed by atoms with Gasteiger partial charge in [-0.3, -0.25) is 9.48 Å². The summed E-state index contributed by atoms with van der Waals surface area (Å²) in [6.07, 6.45) is -3.46. The number of aliphatic hydroxyl groups is 1. The Morgan fingerprint density at radius 3 is 2.86 bits per heavy atom. The first-order chi connectivity index (χ1) is 10.2. The van der Waals surface area contributed by atoms with Crippen LogP contribution in [-0.2, 0) is 23.2 Å². The van der Waals surface area contributed by atoms with E-state index in [2.05, 4.69) is 5.10 Å². The second-order valence-corrected chi connectivity index (χ2v) is 5.39. The van der Waals surface area contributed by atoms with E-state index in [0.717, 1.165) is 10.6 Å². The minimum absolute atomic E-state index is 0.101. The molecule has 0 bridgehead atoms. The highest BCUT2D eigenvalue weighted by molar-refractivity contribution is 5.77. The van der Waals surface area contributed by atoms with Gasteiger partial charge in [-0.1, -0.05) is 0 Å². The van der Waals surface area contributed by atoms with Gasteiger partial charge in [0.25, 0.3) is 0 Å². The first kappa shape index (κ1) is 16.8. The number of likely N-dealkylation sites (tertiary alicyclic amines) is 1. The zero-order valence-corrected chi connectivity index (χ0v) is 12.1. The summed E-state index contributed by atoms with van der Waals surface area (Å²) in [5, 5.41) is 13.6. The zero-order chi connectivity index (χ0) is 16.4. The molecule has 22 heavy (non-hydrogen) atoms. The van der Waals surface area contributed by atoms with Crippen molar-refractivity contribution in [1.82, 2.24) is 14.7 Å². The van der Waals surface area contributed by atoms with Crippen molar-refractivity contribution in [1.29, 1.82) is 0 Å². The number of alkyl halides is 3. The molecule has 1 aromatic rings. The number of rotatable bonds is 4. The number of nitrogens with zero attached hydrogens (tertiary/aromatic N) is 3. The second-order valence-electron chi connectivity index (χ2n) is 5.39. The van der Waals surface area contributed by atoms with Crippen LogP contribution in [0.25, 0.3) is 0 Å². The molecule has 6 nitrogen and oxygen atoms in total. The number of aryl methyl sites for hydroxylation is 1. The molecule has 1 fully saturated rings. The average Bonchev–Trinajstić information content (AvgIpc) is 2.83. The smallest absolute Gasteiger partial charge is 0.379 e. The van der Waals surface area contributed by atoms with Crippen molar-refractivity contribution in [3.05, 3.63) is 18.0 Å². The Kier molecular flexibility index (Phi) is 4.76. The fourth-order valence-electron chi connectivity index (χ4n) is 2.36. The van der Waals surface area contributed by atoms with E-state index in [4.69, 9.17) is 4.74 Å². The lowest BCUT2D eigenvalue weighted by molar-refractivity contribution is -0.272. The molecule has 9 heteroatoms. The normalized spacial score (nSPS) is 22.9. The maximum absolute atomic E-state index is 12.8. The number of hydrogen-bond donors (Lipinski definition) is 1. The van der Waals surface area contributed by atoms with E-state index in [1.54, 1.807) is 24.0 Å². The van der Waals surface area contributed by atoms with Crippen LogP contribution >= 0.6 is 0 Å². The maximum Gasteiger partial charge on any atom is 0.418 e. The summed E-state index contributed by atoms with van der Waals surface area (Å²) >= 11 is 0. The van der Waals surface area contributed by atoms with E-state index in [1.807, 2.05) is 0 Å². The largest absolute Gasteiger partial charge is 0.418 e. The number of halogens is 3. The van der Waals surface area contributed by atoms with Crippen LogP contribution in [0.5, 0.6) is 0 Å². The fourth-order valence-corrected chi connectivity index (χ4v) is 2.36. The molecule has 1 unspecified atom stereocenters. The first-order valence-corrected chi connectivity index (χ1v) is 6.84. The van der Waals surface area contributed by atoms with Crippen LogP contribution in [0, 0.1) is 0 Å². The zero-order valence-electron chi connectivity index (χ0n) is 12.1. The van der Waals surface area contributed by atoms with Gasteiger partial charge < -0.3 is 14.7 Å². The highest BCUT2D eigenvalue weighted by atomic mass is 19.4. The van der Waals surface area contributed by atoms with Gasteiger partial charge >= 0.3 is 6.18 Å². The third-order valence-electron chi connectivity index (χ3n) is 3.75. The van der Waals surface area contributed by atoms with E-state index in [0.29, 0.717) is 0 Å². The highest BCUT2D eigenvalue weighted by Gasteiger charge is 2.55. The number of amides is 1. The lowest BCUT2D eigenvalue weighted by Gasteiger charge is -2.40. The van der Waals surface area contributed by atoms with Crippen LogP contribution in [0.2, 0.25) is 0 Å². The molecule has 0 spiro atoms. The predicted octanol–water partition coefficient (Wildman–Crippen LogP) is 0.852. The summed E-state index contributed by atoms with van der Waals surface area (Å²) < 4.78 is 45.2. The number of hydrogen-bond acceptors (Lipinski definition) is 4. The molecule has 0 aromatic carbocycles. The van der Waals surface area contributed by atoms with Gasteiger partial charge in [0, 0.05) is 19.8 Å². The van der Waals surface area contributed by atoms with Gasteiger partial charge in [-0.15, -0.1) is 0 Å². The standard InChI is InChI=1S/C13H18F3N3O3/c1-18-10(3-5-17-18)7-22-8-11(20)19-6-2-4-12(21,9-19)13(14,15)16/h3,5,21H,2,4,6-9H2,1H3. The molecule has 1 atom stereocenters. The Morgan fingerprint density at radius 2 is 2.27 bits per heavy atom. The number of aromatic nitrogens is 2. The van der Waals surface area contributed by atoms with Crippen molar-refractivity contribution >= 4 is 5.91 Å². The Bertz CT molecular complexity index is 532. The number of β-amino-alcohol motifs (C(OH)–C–C–N with tert-alkyl or cyclic N) is 1. The van der Waals surface area contributed by atoms with Crippen LogP contribution in [0.3, 0.4) is 0 Å². The van der Waals surface area contributed by atoms with Gasteiger partial charge in [-0.25, -0.2) is 0 Å². The molecule has 1 aromatic heterocycles. The molecular formula is C13H18F3N3O3. The summed E-state index contributed by atoms with van der Waals surface area (Å²) in [6, 6.07) is 1.72. The SMILES string of the molecule is Cn1nccc1COCC(=O)N1CCCC(O)(C(F)(F)F)C1. The van der Waals surface area contributed by atoms with E-state index in [-0.39, 0.29) is 26.2 Å². The molecule has 2 heterocycles. The molecule has 1 N–H and O–H groups in total. The Hall–Kier alpha value is -1.61. The molecule has 124 valence electrons. The first-order valence-electron chi connectivity index (χ1n) is 6.84. The summed E-state index contributed by atoms with van der Waals surface area (Å²) in [4.78, 5) is 12.9. The van der Waals surface area contributed by atoms with Gasteiger partial charge in [0.1, 0.15) is 6.61 Å². The Balaban J connectivity index is 1.86. The molecule has 0 radical (unpaired) electrons. The molecule has 0 aliphatic carbocycles. The number of carbonyl (C=O) groups is 1. The van der Waals surface area contributed by atoms with Crippen molar-refractivity contribution in [2.24, 2.45) is 7.05 Å². The summed E-state index contributed by atoms with van der Waals surface area (Å²) in [5.41, 5.74) is -2.08. The summed E-state index contributed by atoms with van der Waals surface area (Å²) in [5.74, 6) is -0.565. The Labute approximate surface area is 125 Å². The van der Waals surface area contributed by atoms with Gasteiger partial charge in [-0.2, -0.15) is 18.3 Å². The third-order valence-corrected chi connectivity index (χ3v) is 3.75. The quantitative estimate of drug-likeness (QED) is 0.893. The lowest BCUT2D eigenvalue weighted by Crippen LogP contribution is -2.58. The van der Waals surface area contributed by atoms with Gasteiger partial charge in [0.05, 0.1) is 18.8 Å². The summed E-state index contributed by atoms with van der Waals surface area (Å²) in [7, 11) is 1.72. The molecule has 1 aliphatic rings. The van der Waals surface area contributed by atoms with E-state index in [9.17, 15) is 23.1 Å². The number of ether oxygens (including phenoxy) is 1.